The van der Waals surface area contributed by atoms with Crippen LogP contribution in [0.5, 0.6) is 0 Å². The van der Waals surface area contributed by atoms with E-state index in [0.717, 1.165) is 11.1 Å². The molecule has 0 spiro atoms. The topological polar surface area (TPSA) is 60.1 Å². The van der Waals surface area contributed by atoms with Crippen LogP contribution in [0.3, 0.4) is 0 Å². The molecule has 0 aliphatic rings. The molecular weight excluding hydrogens is 344 g/mol. The van der Waals surface area contributed by atoms with E-state index in [1.54, 1.807) is 12.4 Å². The van der Waals surface area contributed by atoms with Crippen molar-refractivity contribution in [1.29, 1.82) is 0 Å². The largest absolute Gasteiger partial charge is 0.291 e. The molecular formula is C20H18N4OS. The smallest absolute Gasteiger partial charge is 0.266 e. The Hall–Kier alpha value is -2.86. The predicted molar refractivity (Wildman–Crippen MR) is 104 cm³/mol. The van der Waals surface area contributed by atoms with Gasteiger partial charge in [0, 0.05) is 18.0 Å². The van der Waals surface area contributed by atoms with Crippen LogP contribution in [0.2, 0.25) is 0 Å². The van der Waals surface area contributed by atoms with Gasteiger partial charge in [-0.2, -0.15) is 9.50 Å². The number of nitrogens with zero attached hydrogens (tertiary/aromatic N) is 4. The summed E-state index contributed by atoms with van der Waals surface area (Å²) in [5.74, 6) is 0.539. The van der Waals surface area contributed by atoms with Gasteiger partial charge in [0.15, 0.2) is 5.82 Å². The molecule has 0 fully saturated rings. The summed E-state index contributed by atoms with van der Waals surface area (Å²) in [7, 11) is 0. The molecule has 4 rings (SSSR count). The lowest BCUT2D eigenvalue weighted by atomic mass is 9.87. The molecule has 0 aliphatic heterocycles. The minimum absolute atomic E-state index is 0.110. The average Bonchev–Trinajstić information content (AvgIpc) is 3.16. The van der Waals surface area contributed by atoms with E-state index in [4.69, 9.17) is 0 Å². The Morgan fingerprint density at radius 1 is 1.04 bits per heavy atom. The van der Waals surface area contributed by atoms with Crippen molar-refractivity contribution in [1.82, 2.24) is 19.6 Å². The van der Waals surface area contributed by atoms with Crippen LogP contribution in [0, 0.1) is 0 Å². The molecule has 0 saturated heterocycles. The zero-order chi connectivity index (χ0) is 18.3. The maximum Gasteiger partial charge on any atom is 0.291 e. The first-order valence-electron chi connectivity index (χ1n) is 8.34. The predicted octanol–water partition coefficient (Wildman–Crippen LogP) is 3.06. The fourth-order valence-corrected chi connectivity index (χ4v) is 3.60. The molecule has 3 aromatic heterocycles. The fourth-order valence-electron chi connectivity index (χ4n) is 2.69. The molecule has 1 aromatic carbocycles. The molecule has 0 saturated carbocycles. The van der Waals surface area contributed by atoms with E-state index in [1.807, 2.05) is 30.3 Å². The summed E-state index contributed by atoms with van der Waals surface area (Å²) >= 11 is 1.35. The average molecular weight is 362 g/mol. The Kier molecular flexibility index (Phi) is 3.92. The van der Waals surface area contributed by atoms with Gasteiger partial charge in [0.1, 0.15) is 0 Å². The number of hydrogen-bond donors (Lipinski definition) is 0. The molecule has 130 valence electrons. The minimum Gasteiger partial charge on any atom is -0.266 e. The first-order chi connectivity index (χ1) is 12.4. The molecule has 5 nitrogen and oxygen atoms in total. The van der Waals surface area contributed by atoms with E-state index < -0.39 is 0 Å². The number of aromatic nitrogens is 4. The van der Waals surface area contributed by atoms with Crippen LogP contribution in [-0.2, 0) is 5.41 Å². The number of pyridine rings is 1. The zero-order valence-electron chi connectivity index (χ0n) is 14.8. The van der Waals surface area contributed by atoms with Crippen molar-refractivity contribution in [2.45, 2.75) is 26.2 Å². The third-order valence-electron chi connectivity index (χ3n) is 4.19. The maximum atomic E-state index is 12.6. The second-order valence-corrected chi connectivity index (χ2v) is 8.16. The Bertz CT molecular complexity index is 1170. The SMILES string of the molecule is CC(C)(C)c1ccc(/C=c2\sc3nc(-c4ccncc4)nn3c2=O)cc1. The molecule has 0 radical (unpaired) electrons. The summed E-state index contributed by atoms with van der Waals surface area (Å²) in [6, 6.07) is 11.9. The highest BCUT2D eigenvalue weighted by atomic mass is 32.1. The zero-order valence-corrected chi connectivity index (χ0v) is 15.6. The van der Waals surface area contributed by atoms with Crippen molar-refractivity contribution in [3.8, 4) is 11.4 Å². The first-order valence-corrected chi connectivity index (χ1v) is 9.16. The van der Waals surface area contributed by atoms with Gasteiger partial charge in [0.05, 0.1) is 4.53 Å². The van der Waals surface area contributed by atoms with Gasteiger partial charge in [-0.15, -0.1) is 5.10 Å². The van der Waals surface area contributed by atoms with Crippen LogP contribution in [0.1, 0.15) is 31.9 Å². The summed E-state index contributed by atoms with van der Waals surface area (Å²) < 4.78 is 2.00. The maximum absolute atomic E-state index is 12.6. The second-order valence-electron chi connectivity index (χ2n) is 7.15. The van der Waals surface area contributed by atoms with E-state index in [0.29, 0.717) is 15.3 Å². The van der Waals surface area contributed by atoms with Gasteiger partial charge in [-0.25, -0.2) is 0 Å². The highest BCUT2D eigenvalue weighted by Gasteiger charge is 2.13. The second kappa shape index (κ2) is 6.14. The van der Waals surface area contributed by atoms with E-state index in [2.05, 4.69) is 48.0 Å². The molecule has 0 aliphatic carbocycles. The molecule has 0 amide bonds. The summed E-state index contributed by atoms with van der Waals surface area (Å²) in [6.07, 6.45) is 5.26. The number of thiazole rings is 1. The van der Waals surface area contributed by atoms with Gasteiger partial charge in [-0.1, -0.05) is 56.4 Å². The third-order valence-corrected chi connectivity index (χ3v) is 5.15. The molecule has 3 heterocycles. The fraction of sp³-hybridized carbons (Fsp3) is 0.200. The normalized spacial score (nSPS) is 12.8. The van der Waals surface area contributed by atoms with E-state index >= 15 is 0 Å². The monoisotopic (exact) mass is 362 g/mol. The Morgan fingerprint density at radius 3 is 2.35 bits per heavy atom. The van der Waals surface area contributed by atoms with E-state index in [1.165, 1.54) is 21.4 Å². The molecule has 26 heavy (non-hydrogen) atoms. The van der Waals surface area contributed by atoms with Crippen molar-refractivity contribution in [3.05, 3.63) is 74.8 Å². The lowest BCUT2D eigenvalue weighted by Crippen LogP contribution is -2.23. The van der Waals surface area contributed by atoms with Gasteiger partial charge < -0.3 is 0 Å². The van der Waals surface area contributed by atoms with Gasteiger partial charge >= 0.3 is 0 Å². The van der Waals surface area contributed by atoms with E-state index in [9.17, 15) is 4.79 Å². The van der Waals surface area contributed by atoms with Gasteiger partial charge in [0.25, 0.3) is 5.56 Å². The summed E-state index contributed by atoms with van der Waals surface area (Å²) in [5.41, 5.74) is 3.07. The van der Waals surface area contributed by atoms with Crippen LogP contribution >= 0.6 is 11.3 Å². The quantitative estimate of drug-likeness (QED) is 0.550. The lowest BCUT2D eigenvalue weighted by molar-refractivity contribution is 0.590. The Morgan fingerprint density at radius 2 is 1.73 bits per heavy atom. The Balaban J connectivity index is 1.74. The standard InChI is InChI=1S/C20H18N4OS/c1-20(2,3)15-6-4-13(5-7-15)12-16-18(25)24-19(26-16)22-17(23-24)14-8-10-21-11-9-14/h4-12H,1-3H3/b16-12-. The summed E-state index contributed by atoms with van der Waals surface area (Å²) in [6.45, 7) is 6.55. The molecule has 6 heteroatoms. The van der Waals surface area contributed by atoms with Crippen molar-refractivity contribution < 1.29 is 0 Å². The van der Waals surface area contributed by atoms with Crippen LogP contribution in [0.4, 0.5) is 0 Å². The highest BCUT2D eigenvalue weighted by molar-refractivity contribution is 7.15. The number of benzene rings is 1. The van der Waals surface area contributed by atoms with Crippen LogP contribution in [0.15, 0.2) is 53.6 Å². The number of rotatable bonds is 2. The van der Waals surface area contributed by atoms with Gasteiger partial charge in [-0.05, 0) is 34.8 Å². The van der Waals surface area contributed by atoms with Crippen LogP contribution in [-0.4, -0.2) is 19.6 Å². The van der Waals surface area contributed by atoms with Crippen LogP contribution < -0.4 is 10.1 Å². The van der Waals surface area contributed by atoms with Crippen molar-refractivity contribution in [2.24, 2.45) is 0 Å². The van der Waals surface area contributed by atoms with Gasteiger partial charge in [-0.3, -0.25) is 9.78 Å². The number of fused-ring (bicyclic) bond motifs is 1. The lowest BCUT2D eigenvalue weighted by Gasteiger charge is -2.18. The summed E-state index contributed by atoms with van der Waals surface area (Å²) in [5, 5.41) is 4.35. The third kappa shape index (κ3) is 3.04. The van der Waals surface area contributed by atoms with Crippen molar-refractivity contribution in [3.63, 3.8) is 0 Å². The molecule has 0 N–H and O–H groups in total. The molecule has 0 unspecified atom stereocenters. The van der Waals surface area contributed by atoms with Crippen molar-refractivity contribution >= 4 is 22.4 Å². The van der Waals surface area contributed by atoms with Crippen LogP contribution in [0.25, 0.3) is 22.4 Å². The molecule has 0 atom stereocenters. The summed E-state index contributed by atoms with van der Waals surface area (Å²) in [4.78, 5) is 21.7. The van der Waals surface area contributed by atoms with Crippen molar-refractivity contribution in [2.75, 3.05) is 0 Å². The van der Waals surface area contributed by atoms with E-state index in [-0.39, 0.29) is 11.0 Å². The molecule has 0 bridgehead atoms. The molecule has 4 aromatic rings. The Labute approximate surface area is 154 Å². The minimum atomic E-state index is -0.141. The number of hydrogen-bond acceptors (Lipinski definition) is 5. The first kappa shape index (κ1) is 16.6. The van der Waals surface area contributed by atoms with Gasteiger partial charge in [0.2, 0.25) is 4.96 Å². The highest BCUT2D eigenvalue weighted by Crippen LogP contribution is 2.22.